The minimum atomic E-state index is -0.174. The average Bonchev–Trinajstić information content (AvgIpc) is 2.47. The molecule has 0 fully saturated rings. The van der Waals surface area contributed by atoms with Crippen LogP contribution in [0.1, 0.15) is 28.9 Å². The standard InChI is InChI=1S/C15H16N2O/c1-12(13-8-4-2-5-9-13)17(16)15(18)14-10-6-3-7-11-14/h2-12H,16H2,1H3. The molecular formula is C15H16N2O. The van der Waals surface area contributed by atoms with Crippen LogP contribution in [0, 0.1) is 0 Å². The summed E-state index contributed by atoms with van der Waals surface area (Å²) in [5.41, 5.74) is 1.62. The van der Waals surface area contributed by atoms with Crippen LogP contribution < -0.4 is 5.84 Å². The molecule has 92 valence electrons. The van der Waals surface area contributed by atoms with Gasteiger partial charge in [0.15, 0.2) is 0 Å². The maximum atomic E-state index is 12.2. The number of hydrogen-bond donors (Lipinski definition) is 1. The highest BCUT2D eigenvalue weighted by atomic mass is 16.2. The van der Waals surface area contributed by atoms with Crippen LogP contribution in [0.5, 0.6) is 0 Å². The van der Waals surface area contributed by atoms with Gasteiger partial charge in [-0.15, -0.1) is 0 Å². The van der Waals surface area contributed by atoms with E-state index in [9.17, 15) is 4.79 Å². The van der Waals surface area contributed by atoms with Crippen molar-refractivity contribution in [1.82, 2.24) is 5.01 Å². The molecule has 2 N–H and O–H groups in total. The first-order chi connectivity index (χ1) is 8.70. The molecule has 3 nitrogen and oxygen atoms in total. The van der Waals surface area contributed by atoms with E-state index in [1.165, 1.54) is 5.01 Å². The third-order valence-corrected chi connectivity index (χ3v) is 2.95. The summed E-state index contributed by atoms with van der Waals surface area (Å²) in [6.07, 6.45) is 0. The van der Waals surface area contributed by atoms with Crippen LogP contribution in [-0.4, -0.2) is 10.9 Å². The summed E-state index contributed by atoms with van der Waals surface area (Å²) in [6, 6.07) is 18.6. The number of carbonyl (C=O) groups is 1. The van der Waals surface area contributed by atoms with E-state index in [1.807, 2.05) is 55.5 Å². The SMILES string of the molecule is CC(c1ccccc1)N(N)C(=O)c1ccccc1. The molecule has 2 aromatic rings. The maximum Gasteiger partial charge on any atom is 0.268 e. The van der Waals surface area contributed by atoms with Gasteiger partial charge in [-0.2, -0.15) is 0 Å². The van der Waals surface area contributed by atoms with Crippen molar-refractivity contribution in [2.45, 2.75) is 13.0 Å². The number of benzene rings is 2. The topological polar surface area (TPSA) is 46.3 Å². The van der Waals surface area contributed by atoms with E-state index < -0.39 is 0 Å². The van der Waals surface area contributed by atoms with Gasteiger partial charge in [-0.05, 0) is 24.6 Å². The Morgan fingerprint density at radius 3 is 2.06 bits per heavy atom. The molecule has 2 aromatic carbocycles. The summed E-state index contributed by atoms with van der Waals surface area (Å²) < 4.78 is 0. The van der Waals surface area contributed by atoms with Crippen molar-refractivity contribution in [2.24, 2.45) is 5.84 Å². The van der Waals surface area contributed by atoms with Gasteiger partial charge in [0, 0.05) is 5.56 Å². The molecule has 0 aliphatic heterocycles. The number of rotatable bonds is 3. The van der Waals surface area contributed by atoms with Gasteiger partial charge in [0.05, 0.1) is 6.04 Å². The lowest BCUT2D eigenvalue weighted by Gasteiger charge is -2.24. The fourth-order valence-corrected chi connectivity index (χ4v) is 1.80. The van der Waals surface area contributed by atoms with Crippen LogP contribution >= 0.6 is 0 Å². The van der Waals surface area contributed by atoms with Gasteiger partial charge in [-0.1, -0.05) is 48.5 Å². The van der Waals surface area contributed by atoms with Crippen LogP contribution in [0.4, 0.5) is 0 Å². The van der Waals surface area contributed by atoms with Crippen LogP contribution in [0.25, 0.3) is 0 Å². The Labute approximate surface area is 107 Å². The van der Waals surface area contributed by atoms with Crippen LogP contribution in [0.3, 0.4) is 0 Å². The molecule has 0 aliphatic carbocycles. The molecule has 0 bridgehead atoms. The zero-order valence-corrected chi connectivity index (χ0v) is 10.3. The van der Waals surface area contributed by atoms with E-state index in [-0.39, 0.29) is 11.9 Å². The number of carbonyl (C=O) groups excluding carboxylic acids is 1. The summed E-state index contributed by atoms with van der Waals surface area (Å²) >= 11 is 0. The molecule has 3 heteroatoms. The van der Waals surface area contributed by atoms with E-state index in [4.69, 9.17) is 5.84 Å². The number of amides is 1. The molecule has 0 aromatic heterocycles. The van der Waals surface area contributed by atoms with Crippen LogP contribution in [0.2, 0.25) is 0 Å². The molecule has 1 unspecified atom stereocenters. The molecule has 1 amide bonds. The first kappa shape index (κ1) is 12.3. The first-order valence-electron chi connectivity index (χ1n) is 5.88. The normalized spacial score (nSPS) is 11.9. The molecule has 0 aliphatic rings. The van der Waals surface area contributed by atoms with Crippen molar-refractivity contribution >= 4 is 5.91 Å². The fourth-order valence-electron chi connectivity index (χ4n) is 1.80. The highest BCUT2D eigenvalue weighted by Gasteiger charge is 2.19. The maximum absolute atomic E-state index is 12.2. The number of nitrogens with two attached hydrogens (primary N) is 1. The average molecular weight is 240 g/mol. The van der Waals surface area contributed by atoms with Gasteiger partial charge in [-0.25, -0.2) is 5.84 Å². The summed E-state index contributed by atoms with van der Waals surface area (Å²) in [7, 11) is 0. The van der Waals surface area contributed by atoms with E-state index in [1.54, 1.807) is 12.1 Å². The molecule has 1 atom stereocenters. The zero-order chi connectivity index (χ0) is 13.0. The molecule has 0 spiro atoms. The highest BCUT2D eigenvalue weighted by Crippen LogP contribution is 2.18. The predicted octanol–water partition coefficient (Wildman–Crippen LogP) is 2.76. The van der Waals surface area contributed by atoms with Gasteiger partial charge in [0.1, 0.15) is 0 Å². The van der Waals surface area contributed by atoms with E-state index in [0.29, 0.717) is 5.56 Å². The quantitative estimate of drug-likeness (QED) is 0.509. The zero-order valence-electron chi connectivity index (χ0n) is 10.3. The van der Waals surface area contributed by atoms with Gasteiger partial charge in [-0.3, -0.25) is 9.80 Å². The van der Waals surface area contributed by atoms with Crippen molar-refractivity contribution < 1.29 is 4.79 Å². The first-order valence-corrected chi connectivity index (χ1v) is 5.88. The Bertz CT molecular complexity index is 511. The van der Waals surface area contributed by atoms with Crippen molar-refractivity contribution in [3.63, 3.8) is 0 Å². The lowest BCUT2D eigenvalue weighted by atomic mass is 10.1. The van der Waals surface area contributed by atoms with Gasteiger partial charge in [0.25, 0.3) is 5.91 Å². The second kappa shape index (κ2) is 5.47. The minimum absolute atomic E-state index is 0.154. The van der Waals surface area contributed by atoms with Crippen molar-refractivity contribution in [3.8, 4) is 0 Å². The summed E-state index contributed by atoms with van der Waals surface area (Å²) in [6.45, 7) is 1.91. The lowest BCUT2D eigenvalue weighted by Crippen LogP contribution is -2.39. The molecule has 0 heterocycles. The fraction of sp³-hybridized carbons (Fsp3) is 0.133. The second-order valence-corrected chi connectivity index (χ2v) is 4.17. The predicted molar refractivity (Wildman–Crippen MR) is 71.7 cm³/mol. The van der Waals surface area contributed by atoms with Gasteiger partial charge < -0.3 is 0 Å². The van der Waals surface area contributed by atoms with Crippen molar-refractivity contribution in [1.29, 1.82) is 0 Å². The summed E-state index contributed by atoms with van der Waals surface area (Å²) in [4.78, 5) is 12.2. The summed E-state index contributed by atoms with van der Waals surface area (Å²) in [5.74, 6) is 5.73. The van der Waals surface area contributed by atoms with E-state index in [0.717, 1.165) is 5.56 Å². The molecule has 0 saturated heterocycles. The van der Waals surface area contributed by atoms with E-state index >= 15 is 0 Å². The largest absolute Gasteiger partial charge is 0.269 e. The number of hydrazine groups is 1. The second-order valence-electron chi connectivity index (χ2n) is 4.17. The third-order valence-electron chi connectivity index (χ3n) is 2.95. The Hall–Kier alpha value is -2.13. The monoisotopic (exact) mass is 240 g/mol. The Morgan fingerprint density at radius 1 is 1.00 bits per heavy atom. The van der Waals surface area contributed by atoms with Crippen LogP contribution in [0.15, 0.2) is 60.7 Å². The van der Waals surface area contributed by atoms with Crippen molar-refractivity contribution in [2.75, 3.05) is 0 Å². The highest BCUT2D eigenvalue weighted by molar-refractivity contribution is 5.94. The van der Waals surface area contributed by atoms with Crippen LogP contribution in [-0.2, 0) is 0 Å². The van der Waals surface area contributed by atoms with E-state index in [2.05, 4.69) is 0 Å². The molecule has 0 radical (unpaired) electrons. The minimum Gasteiger partial charge on any atom is -0.269 e. The molecular weight excluding hydrogens is 224 g/mol. The number of hydrogen-bond acceptors (Lipinski definition) is 2. The number of nitrogens with zero attached hydrogens (tertiary/aromatic N) is 1. The third kappa shape index (κ3) is 2.57. The lowest BCUT2D eigenvalue weighted by molar-refractivity contribution is 0.0690. The van der Waals surface area contributed by atoms with Gasteiger partial charge in [0.2, 0.25) is 0 Å². The Morgan fingerprint density at radius 2 is 1.50 bits per heavy atom. The van der Waals surface area contributed by atoms with Crippen molar-refractivity contribution in [3.05, 3.63) is 71.8 Å². The Kier molecular flexibility index (Phi) is 3.75. The smallest absolute Gasteiger partial charge is 0.268 e. The molecule has 18 heavy (non-hydrogen) atoms. The molecule has 0 saturated carbocycles. The summed E-state index contributed by atoms with van der Waals surface area (Å²) in [5, 5.41) is 1.27. The van der Waals surface area contributed by atoms with Gasteiger partial charge >= 0.3 is 0 Å². The molecule has 2 rings (SSSR count). The Balaban J connectivity index is 2.17.